The summed E-state index contributed by atoms with van der Waals surface area (Å²) in [6.45, 7) is 5.30. The lowest BCUT2D eigenvalue weighted by molar-refractivity contribution is -0.140. The lowest BCUT2D eigenvalue weighted by Gasteiger charge is -2.21. The Balaban J connectivity index is 3.93. The summed E-state index contributed by atoms with van der Waals surface area (Å²) in [4.78, 5) is 33.0. The fourth-order valence-corrected chi connectivity index (χ4v) is 1.18. The van der Waals surface area contributed by atoms with E-state index in [-0.39, 0.29) is 31.7 Å². The lowest BCUT2D eigenvalue weighted by Crippen LogP contribution is -2.43. The van der Waals surface area contributed by atoms with Crippen LogP contribution in [0.4, 0.5) is 9.59 Å². The van der Waals surface area contributed by atoms with Gasteiger partial charge in [-0.15, -0.1) is 0 Å². The molecule has 2 N–H and O–H groups in total. The molecule has 116 valence electrons. The Kier molecular flexibility index (Phi) is 8.89. The second-order valence-electron chi connectivity index (χ2n) is 4.35. The van der Waals surface area contributed by atoms with E-state index in [1.54, 1.807) is 0 Å². The van der Waals surface area contributed by atoms with Gasteiger partial charge in [-0.3, -0.25) is 4.79 Å². The fraction of sp³-hybridized carbons (Fsp3) is 0.750. The molecule has 0 spiro atoms. The highest BCUT2D eigenvalue weighted by Gasteiger charge is 2.18. The normalized spacial score (nSPS) is 11.4. The Morgan fingerprint density at radius 3 is 2.25 bits per heavy atom. The van der Waals surface area contributed by atoms with Gasteiger partial charge in [-0.1, -0.05) is 13.8 Å². The van der Waals surface area contributed by atoms with Crippen LogP contribution in [0.3, 0.4) is 0 Å². The van der Waals surface area contributed by atoms with Crippen LogP contribution in [0.15, 0.2) is 0 Å². The molecule has 8 nitrogen and oxygen atoms in total. The van der Waals surface area contributed by atoms with Crippen molar-refractivity contribution < 1.29 is 28.6 Å². The number of methoxy groups -OCH3 is 1. The molecule has 20 heavy (non-hydrogen) atoms. The van der Waals surface area contributed by atoms with Gasteiger partial charge in [0.1, 0.15) is 13.2 Å². The molecule has 1 atom stereocenters. The van der Waals surface area contributed by atoms with Crippen molar-refractivity contribution in [3.8, 4) is 0 Å². The number of ether oxygens (including phenoxy) is 3. The molecule has 2 amide bonds. The summed E-state index contributed by atoms with van der Waals surface area (Å²) in [5.41, 5.74) is 0. The van der Waals surface area contributed by atoms with E-state index >= 15 is 0 Å². The third-order valence-corrected chi connectivity index (χ3v) is 2.36. The van der Waals surface area contributed by atoms with E-state index in [0.717, 1.165) is 0 Å². The number of hydrogen-bond acceptors (Lipinski definition) is 6. The van der Waals surface area contributed by atoms with E-state index in [0.29, 0.717) is 0 Å². The van der Waals surface area contributed by atoms with Crippen LogP contribution >= 0.6 is 0 Å². The van der Waals surface area contributed by atoms with Crippen LogP contribution in [0.1, 0.15) is 20.8 Å². The number of alkyl carbamates (subject to hydrolysis) is 2. The lowest BCUT2D eigenvalue weighted by atomic mass is 10.1. The maximum absolute atomic E-state index is 11.4. The van der Waals surface area contributed by atoms with Crippen LogP contribution in [0.25, 0.3) is 0 Å². The van der Waals surface area contributed by atoms with Gasteiger partial charge < -0.3 is 24.8 Å². The van der Waals surface area contributed by atoms with E-state index in [9.17, 15) is 14.4 Å². The molecule has 0 aliphatic carbocycles. The summed E-state index contributed by atoms with van der Waals surface area (Å²) in [6, 6.07) is -0.346. The molecule has 0 aromatic rings. The first-order valence-electron chi connectivity index (χ1n) is 6.25. The molecular weight excluding hydrogens is 268 g/mol. The van der Waals surface area contributed by atoms with Gasteiger partial charge in [0.05, 0.1) is 19.7 Å². The van der Waals surface area contributed by atoms with Gasteiger partial charge in [0.15, 0.2) is 0 Å². The Labute approximate surface area is 118 Å². The van der Waals surface area contributed by atoms with Crippen molar-refractivity contribution >= 4 is 18.2 Å². The zero-order chi connectivity index (χ0) is 15.5. The number of nitrogens with one attached hydrogen (secondary N) is 2. The van der Waals surface area contributed by atoms with Gasteiger partial charge in [-0.05, 0) is 5.92 Å². The molecule has 0 saturated carbocycles. The van der Waals surface area contributed by atoms with Crippen LogP contribution in [-0.4, -0.2) is 51.1 Å². The molecule has 8 heteroatoms. The van der Waals surface area contributed by atoms with E-state index in [1.807, 2.05) is 13.8 Å². The van der Waals surface area contributed by atoms with E-state index in [4.69, 9.17) is 4.74 Å². The molecular formula is C12H22N2O6. The zero-order valence-electron chi connectivity index (χ0n) is 12.2. The van der Waals surface area contributed by atoms with E-state index in [2.05, 4.69) is 20.1 Å². The van der Waals surface area contributed by atoms with Crippen molar-refractivity contribution in [3.05, 3.63) is 0 Å². The predicted octanol–water partition coefficient (Wildman–Crippen LogP) is 0.656. The Morgan fingerprint density at radius 2 is 1.75 bits per heavy atom. The molecule has 0 heterocycles. The summed E-state index contributed by atoms with van der Waals surface area (Å²) in [6.07, 6.45) is -1.22. The maximum Gasteiger partial charge on any atom is 0.407 e. The summed E-state index contributed by atoms with van der Waals surface area (Å²) < 4.78 is 14.1. The molecule has 0 rings (SSSR count). The van der Waals surface area contributed by atoms with Gasteiger partial charge in [0.25, 0.3) is 0 Å². The topological polar surface area (TPSA) is 103 Å². The SMILES string of the molecule is COC(=O)N[C@@H](COC(=O)NCCOC(C)=O)C(C)C. The van der Waals surface area contributed by atoms with Crippen molar-refractivity contribution in [2.45, 2.75) is 26.8 Å². The minimum atomic E-state index is -0.644. The third-order valence-electron chi connectivity index (χ3n) is 2.36. The van der Waals surface area contributed by atoms with Gasteiger partial charge in [-0.25, -0.2) is 9.59 Å². The smallest absolute Gasteiger partial charge is 0.407 e. The van der Waals surface area contributed by atoms with Crippen molar-refractivity contribution in [2.75, 3.05) is 26.9 Å². The molecule has 0 unspecified atom stereocenters. The van der Waals surface area contributed by atoms with Crippen molar-refractivity contribution in [2.24, 2.45) is 5.92 Å². The quantitative estimate of drug-likeness (QED) is 0.405. The number of esters is 1. The Hall–Kier alpha value is -1.99. The van der Waals surface area contributed by atoms with Crippen LogP contribution in [-0.2, 0) is 19.0 Å². The summed E-state index contributed by atoms with van der Waals surface area (Å²) in [7, 11) is 1.26. The number of rotatable bonds is 7. The summed E-state index contributed by atoms with van der Waals surface area (Å²) in [5, 5.41) is 4.99. The monoisotopic (exact) mass is 290 g/mol. The second-order valence-corrected chi connectivity index (χ2v) is 4.35. The number of amides is 2. The van der Waals surface area contributed by atoms with Crippen molar-refractivity contribution in [1.82, 2.24) is 10.6 Å². The standard InChI is InChI=1S/C12H22N2O6/c1-8(2)10(14-12(17)18-4)7-20-11(16)13-5-6-19-9(3)15/h8,10H,5-7H2,1-4H3,(H,13,16)(H,14,17)/t10-/m0/s1. The molecule has 0 bridgehead atoms. The van der Waals surface area contributed by atoms with Crippen LogP contribution in [0.2, 0.25) is 0 Å². The minimum Gasteiger partial charge on any atom is -0.464 e. The Morgan fingerprint density at radius 1 is 1.10 bits per heavy atom. The first kappa shape index (κ1) is 18.0. The first-order chi connectivity index (χ1) is 9.36. The Bertz CT molecular complexity index is 332. The van der Waals surface area contributed by atoms with Gasteiger partial charge >= 0.3 is 18.2 Å². The largest absolute Gasteiger partial charge is 0.464 e. The fourth-order valence-electron chi connectivity index (χ4n) is 1.18. The van der Waals surface area contributed by atoms with Crippen LogP contribution in [0.5, 0.6) is 0 Å². The number of hydrogen-bond donors (Lipinski definition) is 2. The van der Waals surface area contributed by atoms with Gasteiger partial charge in [0.2, 0.25) is 0 Å². The summed E-state index contributed by atoms with van der Waals surface area (Å²) in [5.74, 6) is -0.342. The van der Waals surface area contributed by atoms with Crippen LogP contribution in [0, 0.1) is 5.92 Å². The highest BCUT2D eigenvalue weighted by molar-refractivity contribution is 5.68. The van der Waals surface area contributed by atoms with Gasteiger partial charge in [-0.2, -0.15) is 0 Å². The molecule has 0 aromatic heterocycles. The highest BCUT2D eigenvalue weighted by Crippen LogP contribution is 2.02. The average Bonchev–Trinajstić information content (AvgIpc) is 2.38. The zero-order valence-corrected chi connectivity index (χ0v) is 12.2. The number of carbonyl (C=O) groups is 3. The van der Waals surface area contributed by atoms with Gasteiger partial charge in [0, 0.05) is 6.92 Å². The van der Waals surface area contributed by atoms with E-state index < -0.39 is 18.2 Å². The molecule has 0 fully saturated rings. The predicted molar refractivity (Wildman–Crippen MR) is 70.2 cm³/mol. The third kappa shape index (κ3) is 9.01. The number of carbonyl (C=O) groups excluding carboxylic acids is 3. The second kappa shape index (κ2) is 9.88. The molecule has 0 radical (unpaired) electrons. The molecule has 0 aliphatic rings. The van der Waals surface area contributed by atoms with Crippen molar-refractivity contribution in [3.63, 3.8) is 0 Å². The maximum atomic E-state index is 11.4. The molecule has 0 saturated heterocycles. The molecule has 0 aromatic carbocycles. The van der Waals surface area contributed by atoms with Crippen molar-refractivity contribution in [1.29, 1.82) is 0 Å². The summed E-state index contributed by atoms with van der Waals surface area (Å²) >= 11 is 0. The molecule has 0 aliphatic heterocycles. The average molecular weight is 290 g/mol. The van der Waals surface area contributed by atoms with E-state index in [1.165, 1.54) is 14.0 Å². The highest BCUT2D eigenvalue weighted by atomic mass is 16.6. The van der Waals surface area contributed by atoms with Crippen LogP contribution < -0.4 is 10.6 Å². The minimum absolute atomic E-state index is 0.0200. The first-order valence-corrected chi connectivity index (χ1v) is 6.25.